The number of halogens is 1. The molecule has 0 aliphatic heterocycles. The van der Waals surface area contributed by atoms with Crippen LogP contribution in [0.4, 0.5) is 11.5 Å². The van der Waals surface area contributed by atoms with Gasteiger partial charge >= 0.3 is 0 Å². The van der Waals surface area contributed by atoms with E-state index in [9.17, 15) is 5.11 Å². The number of benzene rings is 1. The van der Waals surface area contributed by atoms with Gasteiger partial charge in [-0.1, -0.05) is 43.1 Å². The highest BCUT2D eigenvalue weighted by molar-refractivity contribution is 6.31. The summed E-state index contributed by atoms with van der Waals surface area (Å²) in [5, 5.41) is 9.81. The molecule has 2 rings (SSSR count). The third-order valence-electron chi connectivity index (χ3n) is 3.13. The quantitative estimate of drug-likeness (QED) is 0.867. The van der Waals surface area contributed by atoms with E-state index in [1.54, 1.807) is 6.07 Å². The molecule has 20 heavy (non-hydrogen) atoms. The smallest absolute Gasteiger partial charge is 0.133 e. The molecule has 0 atom stereocenters. The number of hydrogen-bond donors (Lipinski definition) is 1. The van der Waals surface area contributed by atoms with E-state index in [0.29, 0.717) is 10.7 Å². The monoisotopic (exact) mass is 290 g/mol. The van der Waals surface area contributed by atoms with Gasteiger partial charge in [0, 0.05) is 12.2 Å². The Morgan fingerprint density at radius 1 is 1.15 bits per heavy atom. The Bertz CT molecular complexity index is 545. The first-order valence-electron chi connectivity index (χ1n) is 6.85. The minimum absolute atomic E-state index is 0.150. The Morgan fingerprint density at radius 2 is 1.90 bits per heavy atom. The Labute approximate surface area is 124 Å². The molecule has 0 saturated heterocycles. The molecule has 2 aromatic rings. The van der Waals surface area contributed by atoms with Crippen LogP contribution in [0, 0.1) is 0 Å². The van der Waals surface area contributed by atoms with Crippen LogP contribution >= 0.6 is 11.6 Å². The standard InChI is InChI=1S/C16H19ClN2O/c1-2-3-11-19(13-7-5-4-6-8-13)16-10-9-14(17)15(12-20)18-16/h4-10,20H,2-3,11-12H2,1H3. The molecule has 1 aromatic carbocycles. The Hall–Kier alpha value is -1.58. The van der Waals surface area contributed by atoms with Gasteiger partial charge in [-0.2, -0.15) is 0 Å². The maximum atomic E-state index is 9.31. The van der Waals surface area contributed by atoms with Crippen molar-refractivity contribution in [2.45, 2.75) is 26.4 Å². The summed E-state index contributed by atoms with van der Waals surface area (Å²) in [6.45, 7) is 2.90. The molecule has 0 saturated carbocycles. The molecule has 0 fully saturated rings. The minimum atomic E-state index is -0.150. The van der Waals surface area contributed by atoms with Gasteiger partial charge in [-0.25, -0.2) is 4.98 Å². The number of pyridine rings is 1. The molecule has 0 bridgehead atoms. The van der Waals surface area contributed by atoms with Crippen LogP contribution in [0.15, 0.2) is 42.5 Å². The van der Waals surface area contributed by atoms with E-state index in [-0.39, 0.29) is 6.61 Å². The lowest BCUT2D eigenvalue weighted by Crippen LogP contribution is -2.20. The van der Waals surface area contributed by atoms with E-state index < -0.39 is 0 Å². The number of unbranched alkanes of at least 4 members (excludes halogenated alkanes) is 1. The zero-order chi connectivity index (χ0) is 14.4. The van der Waals surface area contributed by atoms with E-state index in [4.69, 9.17) is 11.6 Å². The number of para-hydroxylation sites is 1. The Kier molecular flexibility index (Phi) is 5.39. The number of hydrogen-bond acceptors (Lipinski definition) is 3. The van der Waals surface area contributed by atoms with Crippen molar-refractivity contribution < 1.29 is 5.11 Å². The molecule has 106 valence electrons. The highest BCUT2D eigenvalue weighted by Gasteiger charge is 2.12. The second-order valence-corrected chi connectivity index (χ2v) is 5.00. The van der Waals surface area contributed by atoms with Crippen LogP contribution in [0.2, 0.25) is 5.02 Å². The summed E-state index contributed by atoms with van der Waals surface area (Å²) in [7, 11) is 0. The molecule has 1 N–H and O–H groups in total. The third-order valence-corrected chi connectivity index (χ3v) is 3.48. The Balaban J connectivity index is 2.36. The zero-order valence-corrected chi connectivity index (χ0v) is 12.3. The largest absolute Gasteiger partial charge is 0.390 e. The molecule has 0 unspecified atom stereocenters. The molecule has 0 spiro atoms. The minimum Gasteiger partial charge on any atom is -0.390 e. The van der Waals surface area contributed by atoms with Gasteiger partial charge in [0.15, 0.2) is 0 Å². The Morgan fingerprint density at radius 3 is 2.55 bits per heavy atom. The molecule has 3 nitrogen and oxygen atoms in total. The van der Waals surface area contributed by atoms with Crippen LogP contribution in [-0.4, -0.2) is 16.6 Å². The zero-order valence-electron chi connectivity index (χ0n) is 11.6. The normalized spacial score (nSPS) is 10.6. The van der Waals surface area contributed by atoms with Crippen LogP contribution in [0.3, 0.4) is 0 Å². The number of anilines is 2. The SMILES string of the molecule is CCCCN(c1ccccc1)c1ccc(Cl)c(CO)n1. The predicted octanol–water partition coefficient (Wildman–Crippen LogP) is 4.17. The fraction of sp³-hybridized carbons (Fsp3) is 0.312. The molecule has 0 aliphatic rings. The summed E-state index contributed by atoms with van der Waals surface area (Å²) in [6.07, 6.45) is 2.19. The van der Waals surface area contributed by atoms with Gasteiger partial charge in [0.1, 0.15) is 5.82 Å². The van der Waals surface area contributed by atoms with Crippen LogP contribution in [0.25, 0.3) is 0 Å². The van der Waals surface area contributed by atoms with E-state index >= 15 is 0 Å². The number of aliphatic hydroxyl groups excluding tert-OH is 1. The van der Waals surface area contributed by atoms with E-state index in [1.165, 1.54) is 0 Å². The van der Waals surface area contributed by atoms with Crippen molar-refractivity contribution >= 4 is 23.1 Å². The second-order valence-electron chi connectivity index (χ2n) is 4.60. The molecule has 0 aliphatic carbocycles. The summed E-state index contributed by atoms with van der Waals surface area (Å²) in [5.41, 5.74) is 1.61. The first-order valence-corrected chi connectivity index (χ1v) is 7.23. The molecule has 4 heteroatoms. The average Bonchev–Trinajstić information content (AvgIpc) is 2.50. The molecule has 1 heterocycles. The number of nitrogens with zero attached hydrogens (tertiary/aromatic N) is 2. The number of aliphatic hydroxyl groups is 1. The summed E-state index contributed by atoms with van der Waals surface area (Å²) < 4.78 is 0. The summed E-state index contributed by atoms with van der Waals surface area (Å²) >= 11 is 6.01. The maximum absolute atomic E-state index is 9.31. The van der Waals surface area contributed by atoms with Gasteiger partial charge in [-0.15, -0.1) is 0 Å². The van der Waals surface area contributed by atoms with E-state index in [0.717, 1.165) is 30.9 Å². The van der Waals surface area contributed by atoms with Gasteiger partial charge in [0.05, 0.1) is 17.3 Å². The topological polar surface area (TPSA) is 36.4 Å². The number of rotatable bonds is 6. The van der Waals surface area contributed by atoms with Crippen molar-refractivity contribution in [2.24, 2.45) is 0 Å². The first kappa shape index (κ1) is 14.8. The third kappa shape index (κ3) is 3.50. The van der Waals surface area contributed by atoms with Crippen LogP contribution in [0.5, 0.6) is 0 Å². The van der Waals surface area contributed by atoms with E-state index in [1.807, 2.05) is 24.3 Å². The van der Waals surface area contributed by atoms with Crippen molar-refractivity contribution in [2.75, 3.05) is 11.4 Å². The fourth-order valence-corrected chi connectivity index (χ4v) is 2.20. The predicted molar refractivity (Wildman–Crippen MR) is 83.5 cm³/mol. The van der Waals surface area contributed by atoms with Gasteiger partial charge in [-0.3, -0.25) is 0 Å². The van der Waals surface area contributed by atoms with E-state index in [2.05, 4.69) is 28.9 Å². The van der Waals surface area contributed by atoms with Crippen molar-refractivity contribution in [3.63, 3.8) is 0 Å². The molecular weight excluding hydrogens is 272 g/mol. The van der Waals surface area contributed by atoms with Crippen molar-refractivity contribution in [3.05, 3.63) is 53.2 Å². The van der Waals surface area contributed by atoms with Crippen LogP contribution in [0.1, 0.15) is 25.5 Å². The lowest BCUT2D eigenvalue weighted by Gasteiger charge is -2.24. The van der Waals surface area contributed by atoms with Crippen molar-refractivity contribution in [3.8, 4) is 0 Å². The number of aromatic nitrogens is 1. The van der Waals surface area contributed by atoms with Gasteiger partial charge < -0.3 is 10.0 Å². The lowest BCUT2D eigenvalue weighted by molar-refractivity contribution is 0.277. The van der Waals surface area contributed by atoms with Crippen LogP contribution < -0.4 is 4.90 Å². The fourth-order valence-electron chi connectivity index (χ4n) is 2.03. The summed E-state index contributed by atoms with van der Waals surface area (Å²) in [5.74, 6) is 0.818. The second kappa shape index (κ2) is 7.27. The van der Waals surface area contributed by atoms with Gasteiger partial charge in [-0.05, 0) is 30.7 Å². The maximum Gasteiger partial charge on any atom is 0.133 e. The van der Waals surface area contributed by atoms with Crippen molar-refractivity contribution in [1.29, 1.82) is 0 Å². The van der Waals surface area contributed by atoms with Crippen molar-refractivity contribution in [1.82, 2.24) is 4.98 Å². The highest BCUT2D eigenvalue weighted by Crippen LogP contribution is 2.26. The lowest BCUT2D eigenvalue weighted by atomic mass is 10.2. The molecule has 1 aromatic heterocycles. The molecular formula is C16H19ClN2O. The first-order chi connectivity index (χ1) is 9.76. The van der Waals surface area contributed by atoms with Gasteiger partial charge in [0.25, 0.3) is 0 Å². The molecule has 0 radical (unpaired) electrons. The highest BCUT2D eigenvalue weighted by atomic mass is 35.5. The summed E-state index contributed by atoms with van der Waals surface area (Å²) in [4.78, 5) is 6.62. The van der Waals surface area contributed by atoms with Gasteiger partial charge in [0.2, 0.25) is 0 Å². The van der Waals surface area contributed by atoms with Crippen LogP contribution in [-0.2, 0) is 6.61 Å². The summed E-state index contributed by atoms with van der Waals surface area (Å²) in [6, 6.07) is 13.8. The molecule has 0 amide bonds. The average molecular weight is 291 g/mol.